The van der Waals surface area contributed by atoms with E-state index in [1.165, 1.54) is 12.1 Å². The number of rotatable bonds is 5. The van der Waals surface area contributed by atoms with Gasteiger partial charge in [0.05, 0.1) is 5.56 Å². The normalized spacial score (nSPS) is 15.7. The van der Waals surface area contributed by atoms with Gasteiger partial charge in [-0.15, -0.1) is 0 Å². The summed E-state index contributed by atoms with van der Waals surface area (Å²) in [4.78, 5) is 31.8. The molecule has 3 aromatic rings. The monoisotopic (exact) mass is 470 g/mol. The number of carbonyl (C=O) groups is 2. The second-order valence-corrected chi connectivity index (χ2v) is 8.39. The van der Waals surface area contributed by atoms with Crippen molar-refractivity contribution in [2.24, 2.45) is 13.0 Å². The average Bonchev–Trinajstić information content (AvgIpc) is 3.27. The molecule has 0 aliphatic carbocycles. The van der Waals surface area contributed by atoms with Crippen LogP contribution in [0.25, 0.3) is 0 Å². The lowest BCUT2D eigenvalue weighted by atomic mass is 9.94. The molecule has 1 atom stereocenters. The highest BCUT2D eigenvalue weighted by atomic mass is 19.4. The number of aryl methyl sites for hydroxylation is 1. The van der Waals surface area contributed by atoms with E-state index in [-0.39, 0.29) is 23.3 Å². The number of piperidine rings is 1. The Labute approximate surface area is 195 Å². The maximum absolute atomic E-state index is 13.1. The van der Waals surface area contributed by atoms with Crippen LogP contribution in [-0.2, 0) is 18.0 Å². The molecule has 0 radical (unpaired) electrons. The molecule has 2 amide bonds. The molecule has 0 bridgehead atoms. The first kappa shape index (κ1) is 23.5. The minimum Gasteiger partial charge on any atom is -0.342 e. The van der Waals surface area contributed by atoms with Crippen LogP contribution >= 0.6 is 0 Å². The molecule has 9 heteroatoms. The van der Waals surface area contributed by atoms with Crippen molar-refractivity contribution < 1.29 is 22.8 Å². The molecule has 0 saturated carbocycles. The molecule has 4 rings (SSSR count). The molecule has 6 nitrogen and oxygen atoms in total. The van der Waals surface area contributed by atoms with E-state index in [4.69, 9.17) is 0 Å². The van der Waals surface area contributed by atoms with E-state index in [0.29, 0.717) is 25.9 Å². The van der Waals surface area contributed by atoms with Gasteiger partial charge in [-0.1, -0.05) is 30.3 Å². The third-order valence-corrected chi connectivity index (χ3v) is 6.15. The SMILES string of the molecule is Cn1ccnc1C(NC(=O)C1CCN(C(=O)c2ccc(C(F)(F)F)cc2)CC1)c1ccccc1. The maximum Gasteiger partial charge on any atom is 0.416 e. The molecule has 1 aliphatic heterocycles. The van der Waals surface area contributed by atoms with Gasteiger partial charge in [-0.05, 0) is 42.7 Å². The third kappa shape index (κ3) is 5.13. The van der Waals surface area contributed by atoms with Gasteiger partial charge in [0.2, 0.25) is 5.91 Å². The first-order valence-electron chi connectivity index (χ1n) is 11.0. The molecule has 1 N–H and O–H groups in total. The Balaban J connectivity index is 1.39. The highest BCUT2D eigenvalue weighted by Gasteiger charge is 2.32. The van der Waals surface area contributed by atoms with Crippen LogP contribution in [0.3, 0.4) is 0 Å². The lowest BCUT2D eigenvalue weighted by Gasteiger charge is -2.32. The Morgan fingerprint density at radius 3 is 2.24 bits per heavy atom. The second kappa shape index (κ2) is 9.70. The molecule has 34 heavy (non-hydrogen) atoms. The summed E-state index contributed by atoms with van der Waals surface area (Å²) in [6.45, 7) is 0.715. The first-order valence-corrected chi connectivity index (χ1v) is 11.0. The predicted molar refractivity (Wildman–Crippen MR) is 120 cm³/mol. The minimum atomic E-state index is -4.44. The number of nitrogens with one attached hydrogen (secondary N) is 1. The highest BCUT2D eigenvalue weighted by molar-refractivity contribution is 5.94. The molecule has 1 aliphatic rings. The summed E-state index contributed by atoms with van der Waals surface area (Å²) in [5.41, 5.74) is 0.329. The van der Waals surface area contributed by atoms with Crippen LogP contribution in [0.15, 0.2) is 67.0 Å². The Morgan fingerprint density at radius 2 is 1.68 bits per heavy atom. The average molecular weight is 470 g/mol. The zero-order valence-electron chi connectivity index (χ0n) is 18.6. The lowest BCUT2D eigenvalue weighted by Crippen LogP contribution is -2.44. The summed E-state index contributed by atoms with van der Waals surface area (Å²) in [6, 6.07) is 13.4. The van der Waals surface area contributed by atoms with Crippen molar-refractivity contribution >= 4 is 11.8 Å². The highest BCUT2D eigenvalue weighted by Crippen LogP contribution is 2.30. The van der Waals surface area contributed by atoms with Crippen molar-refractivity contribution in [3.63, 3.8) is 0 Å². The van der Waals surface area contributed by atoms with Crippen LogP contribution in [0, 0.1) is 5.92 Å². The van der Waals surface area contributed by atoms with Crippen molar-refractivity contribution in [3.05, 3.63) is 89.5 Å². The number of imidazole rings is 1. The van der Waals surface area contributed by atoms with E-state index in [2.05, 4.69) is 10.3 Å². The van der Waals surface area contributed by atoms with E-state index < -0.39 is 17.8 Å². The van der Waals surface area contributed by atoms with Crippen LogP contribution in [0.2, 0.25) is 0 Å². The second-order valence-electron chi connectivity index (χ2n) is 8.39. The summed E-state index contributed by atoms with van der Waals surface area (Å²) in [5, 5.41) is 3.11. The topological polar surface area (TPSA) is 67.2 Å². The van der Waals surface area contributed by atoms with Crippen LogP contribution in [0.5, 0.6) is 0 Å². The van der Waals surface area contributed by atoms with E-state index in [1.54, 1.807) is 11.1 Å². The number of nitrogens with zero attached hydrogens (tertiary/aromatic N) is 3. The molecule has 178 valence electrons. The number of halogens is 3. The van der Waals surface area contributed by atoms with E-state index in [0.717, 1.165) is 23.5 Å². The molecule has 2 aromatic carbocycles. The largest absolute Gasteiger partial charge is 0.416 e. The minimum absolute atomic E-state index is 0.113. The number of amides is 2. The predicted octanol–water partition coefficient (Wildman–Crippen LogP) is 4.20. The van der Waals surface area contributed by atoms with E-state index >= 15 is 0 Å². The lowest BCUT2D eigenvalue weighted by molar-refractivity contribution is -0.137. The van der Waals surface area contributed by atoms with Crippen molar-refractivity contribution in [3.8, 4) is 0 Å². The number of alkyl halides is 3. The van der Waals surface area contributed by atoms with Gasteiger partial charge in [-0.3, -0.25) is 9.59 Å². The van der Waals surface area contributed by atoms with Crippen LogP contribution < -0.4 is 5.32 Å². The van der Waals surface area contributed by atoms with Gasteiger partial charge in [-0.25, -0.2) is 4.98 Å². The number of carbonyl (C=O) groups excluding carboxylic acids is 2. The Hall–Kier alpha value is -3.62. The first-order chi connectivity index (χ1) is 16.2. The summed E-state index contributed by atoms with van der Waals surface area (Å²) in [5.74, 6) is -0.00107. The van der Waals surface area contributed by atoms with Gasteiger partial charge in [0.25, 0.3) is 5.91 Å². The fourth-order valence-corrected chi connectivity index (χ4v) is 4.19. The van der Waals surface area contributed by atoms with Gasteiger partial charge < -0.3 is 14.8 Å². The molecule has 1 fully saturated rings. The number of aromatic nitrogens is 2. The van der Waals surface area contributed by atoms with Gasteiger partial charge in [0, 0.05) is 44.0 Å². The zero-order chi connectivity index (χ0) is 24.3. The van der Waals surface area contributed by atoms with Crippen molar-refractivity contribution in [1.82, 2.24) is 19.8 Å². The van der Waals surface area contributed by atoms with Gasteiger partial charge >= 0.3 is 6.18 Å². The maximum atomic E-state index is 13.1. The molecular weight excluding hydrogens is 445 g/mol. The smallest absolute Gasteiger partial charge is 0.342 e. The fourth-order valence-electron chi connectivity index (χ4n) is 4.19. The molecule has 0 spiro atoms. The molecule has 1 saturated heterocycles. The van der Waals surface area contributed by atoms with Crippen molar-refractivity contribution in [1.29, 1.82) is 0 Å². The number of likely N-dealkylation sites (tertiary alicyclic amines) is 1. The fraction of sp³-hybridized carbons (Fsp3) is 0.320. The summed E-state index contributed by atoms with van der Waals surface area (Å²) in [6.07, 6.45) is 0.00589. The van der Waals surface area contributed by atoms with E-state index in [9.17, 15) is 22.8 Å². The molecule has 1 aromatic heterocycles. The van der Waals surface area contributed by atoms with Crippen LogP contribution in [0.4, 0.5) is 13.2 Å². The number of hydrogen-bond acceptors (Lipinski definition) is 3. The van der Waals surface area contributed by atoms with Crippen molar-refractivity contribution in [2.75, 3.05) is 13.1 Å². The molecule has 1 unspecified atom stereocenters. The van der Waals surface area contributed by atoms with Gasteiger partial charge in [-0.2, -0.15) is 13.2 Å². The third-order valence-electron chi connectivity index (χ3n) is 6.15. The van der Waals surface area contributed by atoms with Gasteiger partial charge in [0.15, 0.2) is 0 Å². The van der Waals surface area contributed by atoms with Crippen LogP contribution in [0.1, 0.15) is 46.2 Å². The Bertz CT molecular complexity index is 1130. The standard InChI is InChI=1S/C25H25F3N4O2/c1-31-16-13-29-22(31)21(17-5-3-2-4-6-17)30-23(33)18-11-14-32(15-12-18)24(34)19-7-9-20(10-8-19)25(26,27)28/h2-10,13,16,18,21H,11-12,14-15H2,1H3,(H,30,33). The summed E-state index contributed by atoms with van der Waals surface area (Å²) < 4.78 is 40.2. The van der Waals surface area contributed by atoms with Gasteiger partial charge in [0.1, 0.15) is 11.9 Å². The Kier molecular flexibility index (Phi) is 6.72. The van der Waals surface area contributed by atoms with Crippen LogP contribution in [-0.4, -0.2) is 39.4 Å². The number of benzene rings is 2. The molecule has 2 heterocycles. The zero-order valence-corrected chi connectivity index (χ0v) is 18.6. The Morgan fingerprint density at radius 1 is 1.03 bits per heavy atom. The summed E-state index contributed by atoms with van der Waals surface area (Å²) in [7, 11) is 1.87. The summed E-state index contributed by atoms with van der Waals surface area (Å²) >= 11 is 0. The number of hydrogen-bond donors (Lipinski definition) is 1. The molecular formula is C25H25F3N4O2. The van der Waals surface area contributed by atoms with E-state index in [1.807, 2.05) is 48.1 Å². The quantitative estimate of drug-likeness (QED) is 0.608. The van der Waals surface area contributed by atoms with Crippen molar-refractivity contribution in [2.45, 2.75) is 25.1 Å².